The van der Waals surface area contributed by atoms with Crippen LogP contribution in [0, 0.1) is 5.92 Å². The van der Waals surface area contributed by atoms with Crippen molar-refractivity contribution in [2.75, 3.05) is 11.5 Å². The van der Waals surface area contributed by atoms with Crippen LogP contribution in [0.15, 0.2) is 18.2 Å². The predicted molar refractivity (Wildman–Crippen MR) is 71.0 cm³/mol. The van der Waals surface area contributed by atoms with Gasteiger partial charge in [-0.25, -0.2) is 0 Å². The van der Waals surface area contributed by atoms with Gasteiger partial charge < -0.3 is 5.73 Å². The molecule has 0 bridgehead atoms. The van der Waals surface area contributed by atoms with E-state index in [0.29, 0.717) is 12.0 Å². The standard InChI is InChI=1S/C14H19NS/c15-14-9-16-8-13(14)7-10-4-5-11-2-1-3-12(11)6-10/h4-6,13-14H,1-3,7-9,15H2. The van der Waals surface area contributed by atoms with Crippen LogP contribution in [0.25, 0.3) is 0 Å². The minimum atomic E-state index is 0.415. The Balaban J connectivity index is 1.75. The fraction of sp³-hybridized carbons (Fsp3) is 0.571. The molecule has 2 unspecified atom stereocenters. The lowest BCUT2D eigenvalue weighted by Gasteiger charge is -2.14. The SMILES string of the molecule is NC1CSCC1Cc1ccc2c(c1)CCC2. The van der Waals surface area contributed by atoms with Gasteiger partial charge >= 0.3 is 0 Å². The second-order valence-corrected chi connectivity index (χ2v) is 6.20. The molecule has 2 heteroatoms. The smallest absolute Gasteiger partial charge is 0.0170 e. The lowest BCUT2D eigenvalue weighted by molar-refractivity contribution is 0.515. The van der Waals surface area contributed by atoms with Gasteiger partial charge in [-0.15, -0.1) is 0 Å². The van der Waals surface area contributed by atoms with E-state index in [2.05, 4.69) is 18.2 Å². The van der Waals surface area contributed by atoms with E-state index in [1.807, 2.05) is 11.8 Å². The third-order valence-electron chi connectivity index (χ3n) is 3.91. The molecule has 0 radical (unpaired) electrons. The summed E-state index contributed by atoms with van der Waals surface area (Å²) in [4.78, 5) is 0. The minimum absolute atomic E-state index is 0.415. The van der Waals surface area contributed by atoms with Crippen molar-refractivity contribution >= 4 is 11.8 Å². The summed E-state index contributed by atoms with van der Waals surface area (Å²) in [7, 11) is 0. The van der Waals surface area contributed by atoms with E-state index in [1.54, 1.807) is 11.1 Å². The van der Waals surface area contributed by atoms with Gasteiger partial charge in [-0.05, 0) is 54.0 Å². The van der Waals surface area contributed by atoms with Crippen molar-refractivity contribution in [3.8, 4) is 0 Å². The Kier molecular flexibility index (Phi) is 2.95. The molecule has 3 rings (SSSR count). The number of nitrogens with two attached hydrogens (primary N) is 1. The Morgan fingerprint density at radius 2 is 2.06 bits per heavy atom. The van der Waals surface area contributed by atoms with E-state index in [0.717, 1.165) is 5.75 Å². The summed E-state index contributed by atoms with van der Waals surface area (Å²) in [6.07, 6.45) is 5.10. The number of thioether (sulfide) groups is 1. The summed E-state index contributed by atoms with van der Waals surface area (Å²) in [5, 5.41) is 0. The minimum Gasteiger partial charge on any atom is -0.327 e. The summed E-state index contributed by atoms with van der Waals surface area (Å²) in [5.74, 6) is 3.10. The van der Waals surface area contributed by atoms with Crippen LogP contribution in [0.2, 0.25) is 0 Å². The first-order valence-electron chi connectivity index (χ1n) is 6.27. The highest BCUT2D eigenvalue weighted by Gasteiger charge is 2.24. The highest BCUT2D eigenvalue weighted by atomic mass is 32.2. The molecular formula is C14H19NS. The van der Waals surface area contributed by atoms with Gasteiger partial charge in [-0.1, -0.05) is 18.2 Å². The lowest BCUT2D eigenvalue weighted by atomic mass is 9.94. The Hall–Kier alpha value is -0.470. The van der Waals surface area contributed by atoms with E-state index in [1.165, 1.54) is 37.0 Å². The first-order chi connectivity index (χ1) is 7.83. The van der Waals surface area contributed by atoms with Gasteiger partial charge in [0.1, 0.15) is 0 Å². The first-order valence-corrected chi connectivity index (χ1v) is 7.42. The highest BCUT2D eigenvalue weighted by molar-refractivity contribution is 7.99. The molecule has 16 heavy (non-hydrogen) atoms. The number of hydrogen-bond donors (Lipinski definition) is 1. The molecule has 1 heterocycles. The van der Waals surface area contributed by atoms with Crippen molar-refractivity contribution in [1.82, 2.24) is 0 Å². The molecule has 2 N–H and O–H groups in total. The third-order valence-corrected chi connectivity index (χ3v) is 5.19. The van der Waals surface area contributed by atoms with Gasteiger partial charge in [-0.2, -0.15) is 11.8 Å². The number of benzene rings is 1. The average molecular weight is 233 g/mol. The largest absolute Gasteiger partial charge is 0.327 e. The van der Waals surface area contributed by atoms with Gasteiger partial charge in [0.25, 0.3) is 0 Å². The van der Waals surface area contributed by atoms with Crippen molar-refractivity contribution < 1.29 is 0 Å². The average Bonchev–Trinajstić information content (AvgIpc) is 2.88. The number of rotatable bonds is 2. The maximum atomic E-state index is 6.12. The molecular weight excluding hydrogens is 214 g/mol. The molecule has 1 nitrogen and oxygen atoms in total. The van der Waals surface area contributed by atoms with Crippen molar-refractivity contribution in [3.05, 3.63) is 34.9 Å². The molecule has 2 atom stereocenters. The van der Waals surface area contributed by atoms with E-state index < -0.39 is 0 Å². The van der Waals surface area contributed by atoms with E-state index >= 15 is 0 Å². The summed E-state index contributed by atoms with van der Waals surface area (Å²) < 4.78 is 0. The van der Waals surface area contributed by atoms with Crippen molar-refractivity contribution in [2.45, 2.75) is 31.7 Å². The molecule has 0 aromatic heterocycles. The summed E-state index contributed by atoms with van der Waals surface area (Å²) >= 11 is 2.01. The number of hydrogen-bond acceptors (Lipinski definition) is 2. The molecule has 0 spiro atoms. The normalized spacial score (nSPS) is 28.3. The Morgan fingerprint density at radius 1 is 1.19 bits per heavy atom. The van der Waals surface area contributed by atoms with Crippen LogP contribution in [0.4, 0.5) is 0 Å². The Morgan fingerprint density at radius 3 is 2.88 bits per heavy atom. The number of aryl methyl sites for hydroxylation is 2. The zero-order chi connectivity index (χ0) is 11.0. The zero-order valence-electron chi connectivity index (χ0n) is 9.61. The first kappa shape index (κ1) is 10.7. The molecule has 1 aromatic rings. The van der Waals surface area contributed by atoms with Crippen LogP contribution in [0.5, 0.6) is 0 Å². The van der Waals surface area contributed by atoms with Gasteiger partial charge in [0, 0.05) is 11.8 Å². The van der Waals surface area contributed by atoms with Crippen LogP contribution >= 0.6 is 11.8 Å². The van der Waals surface area contributed by atoms with E-state index in [9.17, 15) is 0 Å². The third kappa shape index (κ3) is 2.01. The van der Waals surface area contributed by atoms with Crippen LogP contribution in [0.3, 0.4) is 0 Å². The van der Waals surface area contributed by atoms with Crippen LogP contribution < -0.4 is 5.73 Å². The Labute approximate surface area is 102 Å². The molecule has 1 aromatic carbocycles. The fourth-order valence-corrected chi connectivity index (χ4v) is 4.23. The van der Waals surface area contributed by atoms with E-state index in [4.69, 9.17) is 5.73 Å². The molecule has 1 aliphatic heterocycles. The molecule has 2 aliphatic rings. The molecule has 0 amide bonds. The quantitative estimate of drug-likeness (QED) is 0.849. The van der Waals surface area contributed by atoms with Crippen molar-refractivity contribution in [2.24, 2.45) is 11.7 Å². The molecule has 0 saturated carbocycles. The van der Waals surface area contributed by atoms with Crippen LogP contribution in [-0.4, -0.2) is 17.5 Å². The summed E-state index contributed by atoms with van der Waals surface area (Å²) in [5.41, 5.74) is 10.8. The maximum absolute atomic E-state index is 6.12. The van der Waals surface area contributed by atoms with Gasteiger partial charge in [0.2, 0.25) is 0 Å². The monoisotopic (exact) mass is 233 g/mol. The lowest BCUT2D eigenvalue weighted by Crippen LogP contribution is -2.29. The molecule has 1 saturated heterocycles. The Bertz CT molecular complexity index is 388. The van der Waals surface area contributed by atoms with E-state index in [-0.39, 0.29) is 0 Å². The fourth-order valence-electron chi connectivity index (χ4n) is 2.88. The summed E-state index contributed by atoms with van der Waals surface area (Å²) in [6, 6.07) is 7.50. The topological polar surface area (TPSA) is 26.0 Å². The molecule has 86 valence electrons. The predicted octanol–water partition coefficient (Wildman–Crippen LogP) is 2.41. The van der Waals surface area contributed by atoms with Crippen molar-refractivity contribution in [3.63, 3.8) is 0 Å². The molecule has 1 fully saturated rings. The number of fused-ring (bicyclic) bond motifs is 1. The van der Waals surface area contributed by atoms with Gasteiger partial charge in [0.05, 0.1) is 0 Å². The molecule has 1 aliphatic carbocycles. The summed E-state index contributed by atoms with van der Waals surface area (Å²) in [6.45, 7) is 0. The van der Waals surface area contributed by atoms with Gasteiger partial charge in [-0.3, -0.25) is 0 Å². The maximum Gasteiger partial charge on any atom is 0.0170 e. The van der Waals surface area contributed by atoms with Crippen molar-refractivity contribution in [1.29, 1.82) is 0 Å². The second-order valence-electron chi connectivity index (χ2n) is 5.12. The zero-order valence-corrected chi connectivity index (χ0v) is 10.4. The van der Waals surface area contributed by atoms with Crippen LogP contribution in [-0.2, 0) is 19.3 Å². The van der Waals surface area contributed by atoms with Gasteiger partial charge in [0.15, 0.2) is 0 Å². The van der Waals surface area contributed by atoms with Crippen LogP contribution in [0.1, 0.15) is 23.1 Å². The second kappa shape index (κ2) is 4.42. The highest BCUT2D eigenvalue weighted by Crippen LogP contribution is 2.28.